The average molecular weight is 428 g/mol. The number of hydrogen-bond donors (Lipinski definition) is 1. The van der Waals surface area contributed by atoms with Crippen molar-refractivity contribution in [3.8, 4) is 11.3 Å². The summed E-state index contributed by atoms with van der Waals surface area (Å²) >= 11 is 0. The van der Waals surface area contributed by atoms with Crippen molar-refractivity contribution in [2.75, 3.05) is 20.1 Å². The summed E-state index contributed by atoms with van der Waals surface area (Å²) in [5, 5.41) is 9.81. The Hall–Kier alpha value is -2.66. The van der Waals surface area contributed by atoms with Gasteiger partial charge < -0.3 is 9.88 Å². The number of benzene rings is 1. The minimum atomic E-state index is 0.432. The van der Waals surface area contributed by atoms with E-state index in [1.54, 1.807) is 6.33 Å². The summed E-state index contributed by atoms with van der Waals surface area (Å²) < 4.78 is 2.05. The van der Waals surface area contributed by atoms with Crippen LogP contribution in [0.5, 0.6) is 0 Å². The monoisotopic (exact) mass is 427 g/mol. The van der Waals surface area contributed by atoms with Gasteiger partial charge in [0, 0.05) is 35.8 Å². The molecule has 32 heavy (non-hydrogen) atoms. The summed E-state index contributed by atoms with van der Waals surface area (Å²) in [5.74, 6) is 2.90. The van der Waals surface area contributed by atoms with Gasteiger partial charge >= 0.3 is 0 Å². The number of likely N-dealkylation sites (tertiary alicyclic amines) is 1. The Kier molecular flexibility index (Phi) is 4.48. The van der Waals surface area contributed by atoms with Crippen LogP contribution >= 0.6 is 0 Å². The topological polar surface area (TPSA) is 49.2 Å². The van der Waals surface area contributed by atoms with Gasteiger partial charge in [0.2, 0.25) is 0 Å². The number of H-pyrrole nitrogens is 1. The standard InChI is InChI=1S/C27H33N5/c1-15(2)25-22-10-18(19-8-20-11-31(5)12-21(20)9-19)6-7-24(22)29-26(25)23-13-32-14-28-30-27(32)17(4)16(23)3/h6-7,10,13-15,19-21,29H,8-9,11-12H2,1-5H3. The first-order valence-electron chi connectivity index (χ1n) is 12.0. The fourth-order valence-electron chi connectivity index (χ4n) is 6.57. The van der Waals surface area contributed by atoms with Crippen LogP contribution in [0.1, 0.15) is 60.8 Å². The third-order valence-electron chi connectivity index (χ3n) is 8.26. The fraction of sp³-hybridized carbons (Fsp3) is 0.481. The molecular weight excluding hydrogens is 394 g/mol. The molecule has 4 aromatic rings. The van der Waals surface area contributed by atoms with Gasteiger partial charge in [0.1, 0.15) is 6.33 Å². The van der Waals surface area contributed by atoms with Gasteiger partial charge in [-0.25, -0.2) is 0 Å². The summed E-state index contributed by atoms with van der Waals surface area (Å²) in [6.07, 6.45) is 6.67. The first-order chi connectivity index (χ1) is 15.4. The van der Waals surface area contributed by atoms with Gasteiger partial charge in [-0.15, -0.1) is 10.2 Å². The van der Waals surface area contributed by atoms with Gasteiger partial charge in [-0.1, -0.05) is 19.9 Å². The molecule has 2 aliphatic rings. The lowest BCUT2D eigenvalue weighted by atomic mass is 9.90. The molecule has 0 bridgehead atoms. The Balaban J connectivity index is 1.47. The number of aromatic amines is 1. The number of aryl methyl sites for hydroxylation is 1. The molecule has 6 rings (SSSR count). The molecule has 2 atom stereocenters. The number of aromatic nitrogens is 4. The molecule has 0 spiro atoms. The van der Waals surface area contributed by atoms with Crippen molar-refractivity contribution in [2.24, 2.45) is 11.8 Å². The maximum absolute atomic E-state index is 4.30. The number of rotatable bonds is 3. The summed E-state index contributed by atoms with van der Waals surface area (Å²) in [7, 11) is 2.27. The van der Waals surface area contributed by atoms with E-state index >= 15 is 0 Å². The van der Waals surface area contributed by atoms with Gasteiger partial charge in [-0.2, -0.15) is 0 Å². The number of nitrogens with zero attached hydrogens (tertiary/aromatic N) is 4. The zero-order chi connectivity index (χ0) is 22.1. The average Bonchev–Trinajstić information content (AvgIpc) is 3.50. The zero-order valence-corrected chi connectivity index (χ0v) is 19.8. The van der Waals surface area contributed by atoms with Crippen LogP contribution in [0.2, 0.25) is 0 Å². The second-order valence-electron chi connectivity index (χ2n) is 10.6. The molecule has 2 fully saturated rings. The Morgan fingerprint density at radius 3 is 2.53 bits per heavy atom. The maximum Gasteiger partial charge on any atom is 0.163 e. The van der Waals surface area contributed by atoms with Crippen LogP contribution in [0.15, 0.2) is 30.7 Å². The smallest absolute Gasteiger partial charge is 0.163 e. The van der Waals surface area contributed by atoms with Crippen molar-refractivity contribution >= 4 is 16.6 Å². The minimum absolute atomic E-state index is 0.432. The van der Waals surface area contributed by atoms with E-state index in [-0.39, 0.29) is 0 Å². The molecule has 1 saturated heterocycles. The van der Waals surface area contributed by atoms with Gasteiger partial charge in [0.15, 0.2) is 5.65 Å². The Morgan fingerprint density at radius 1 is 1.06 bits per heavy atom. The van der Waals surface area contributed by atoms with Crippen LogP contribution in [0.4, 0.5) is 0 Å². The predicted molar refractivity (Wildman–Crippen MR) is 130 cm³/mol. The number of pyridine rings is 1. The lowest BCUT2D eigenvalue weighted by Crippen LogP contribution is -2.16. The van der Waals surface area contributed by atoms with Gasteiger partial charge in [-0.3, -0.25) is 4.40 Å². The van der Waals surface area contributed by atoms with E-state index in [2.05, 4.69) is 79.2 Å². The molecule has 0 amide bonds. The van der Waals surface area contributed by atoms with Gasteiger partial charge in [0.05, 0.1) is 5.69 Å². The van der Waals surface area contributed by atoms with Crippen molar-refractivity contribution in [1.29, 1.82) is 0 Å². The fourth-order valence-corrected chi connectivity index (χ4v) is 6.57. The van der Waals surface area contributed by atoms with Crippen molar-refractivity contribution in [3.63, 3.8) is 0 Å². The molecule has 1 aliphatic carbocycles. The lowest BCUT2D eigenvalue weighted by molar-refractivity contribution is 0.371. The highest BCUT2D eigenvalue weighted by Crippen LogP contribution is 2.47. The van der Waals surface area contributed by atoms with Gasteiger partial charge in [0.25, 0.3) is 0 Å². The highest BCUT2D eigenvalue weighted by Gasteiger charge is 2.40. The second-order valence-corrected chi connectivity index (χ2v) is 10.6. The molecule has 1 aliphatic heterocycles. The van der Waals surface area contributed by atoms with Gasteiger partial charge in [-0.05, 0) is 91.8 Å². The molecule has 3 aromatic heterocycles. The molecule has 1 N–H and O–H groups in total. The van der Waals surface area contributed by atoms with Crippen molar-refractivity contribution in [2.45, 2.75) is 52.4 Å². The highest BCUT2D eigenvalue weighted by atomic mass is 15.2. The number of nitrogens with one attached hydrogen (secondary N) is 1. The molecule has 1 aromatic carbocycles. The minimum Gasteiger partial charge on any atom is -0.354 e. The molecule has 5 heteroatoms. The first kappa shape index (κ1) is 20.0. The third kappa shape index (κ3) is 2.94. The van der Waals surface area contributed by atoms with E-state index in [1.165, 1.54) is 70.3 Å². The molecular formula is C27H33N5. The largest absolute Gasteiger partial charge is 0.354 e. The molecule has 5 nitrogen and oxygen atoms in total. The van der Waals surface area contributed by atoms with E-state index in [1.807, 2.05) is 4.40 Å². The summed E-state index contributed by atoms with van der Waals surface area (Å²) in [6.45, 7) is 11.5. The maximum atomic E-state index is 4.30. The molecule has 166 valence electrons. The molecule has 2 unspecified atom stereocenters. The predicted octanol–water partition coefficient (Wildman–Crippen LogP) is 5.67. The van der Waals surface area contributed by atoms with E-state index < -0.39 is 0 Å². The van der Waals surface area contributed by atoms with Crippen molar-refractivity contribution in [1.82, 2.24) is 24.5 Å². The number of fused-ring (bicyclic) bond motifs is 3. The van der Waals surface area contributed by atoms with Crippen LogP contribution in [0.25, 0.3) is 27.8 Å². The summed E-state index contributed by atoms with van der Waals surface area (Å²) in [6, 6.07) is 7.20. The SMILES string of the molecule is Cc1c(-c2[nH]c3ccc(C4CC5CN(C)CC5C4)cc3c2C(C)C)cn2cnnc2c1C. The van der Waals surface area contributed by atoms with Crippen LogP contribution < -0.4 is 0 Å². The Morgan fingerprint density at radius 2 is 1.81 bits per heavy atom. The second kappa shape index (κ2) is 7.17. The molecule has 1 saturated carbocycles. The normalized spacial score (nSPS) is 23.8. The lowest BCUT2D eigenvalue weighted by Gasteiger charge is -2.16. The van der Waals surface area contributed by atoms with E-state index in [4.69, 9.17) is 0 Å². The van der Waals surface area contributed by atoms with Crippen LogP contribution in [-0.2, 0) is 0 Å². The van der Waals surface area contributed by atoms with E-state index in [0.29, 0.717) is 11.8 Å². The Labute approximate surface area is 189 Å². The van der Waals surface area contributed by atoms with E-state index in [9.17, 15) is 0 Å². The van der Waals surface area contributed by atoms with Crippen LogP contribution in [0.3, 0.4) is 0 Å². The van der Waals surface area contributed by atoms with E-state index in [0.717, 1.165) is 17.5 Å². The zero-order valence-electron chi connectivity index (χ0n) is 19.8. The molecule has 0 radical (unpaired) electrons. The number of hydrogen-bond acceptors (Lipinski definition) is 3. The summed E-state index contributed by atoms with van der Waals surface area (Å²) in [4.78, 5) is 6.30. The Bertz CT molecular complexity index is 1310. The third-order valence-corrected chi connectivity index (χ3v) is 8.26. The first-order valence-corrected chi connectivity index (χ1v) is 12.0. The molecule has 4 heterocycles. The van der Waals surface area contributed by atoms with Crippen molar-refractivity contribution < 1.29 is 0 Å². The highest BCUT2D eigenvalue weighted by molar-refractivity contribution is 5.92. The quantitative estimate of drug-likeness (QED) is 0.458. The summed E-state index contributed by atoms with van der Waals surface area (Å²) in [5.41, 5.74) is 10.1. The van der Waals surface area contributed by atoms with Crippen LogP contribution in [0, 0.1) is 25.7 Å². The van der Waals surface area contributed by atoms with Crippen LogP contribution in [-0.4, -0.2) is 44.6 Å². The van der Waals surface area contributed by atoms with Crippen molar-refractivity contribution in [3.05, 3.63) is 53.0 Å².